The zero-order valence-electron chi connectivity index (χ0n) is 12.2. The van der Waals surface area contributed by atoms with Gasteiger partial charge in [0.25, 0.3) is 0 Å². The third kappa shape index (κ3) is 3.60. The van der Waals surface area contributed by atoms with Gasteiger partial charge in [0.15, 0.2) is 5.84 Å². The third-order valence-electron chi connectivity index (χ3n) is 3.42. The average Bonchev–Trinajstić information content (AvgIpc) is 2.47. The van der Waals surface area contributed by atoms with E-state index in [2.05, 4.69) is 33.8 Å². The summed E-state index contributed by atoms with van der Waals surface area (Å²) in [7, 11) is 0. The number of nitrogens with two attached hydrogens (primary N) is 1. The number of oxime groups is 1. The van der Waals surface area contributed by atoms with Gasteiger partial charge in [-0.15, -0.1) is 0 Å². The van der Waals surface area contributed by atoms with Crippen molar-refractivity contribution in [2.24, 2.45) is 16.8 Å². The number of amidine groups is 1. The van der Waals surface area contributed by atoms with Crippen LogP contribution >= 0.6 is 0 Å². The maximum absolute atomic E-state index is 8.71. The fourth-order valence-corrected chi connectivity index (χ4v) is 2.47. The normalized spacial score (nSPS) is 17.8. The Kier molecular flexibility index (Phi) is 4.79. The second-order valence-electron chi connectivity index (χ2n) is 5.55. The van der Waals surface area contributed by atoms with Crippen molar-refractivity contribution in [1.82, 2.24) is 9.88 Å². The van der Waals surface area contributed by atoms with Crippen molar-refractivity contribution in [3.8, 4) is 0 Å². The van der Waals surface area contributed by atoms with Crippen LogP contribution in [0.4, 0.5) is 5.82 Å². The van der Waals surface area contributed by atoms with Crippen LogP contribution in [0.15, 0.2) is 23.4 Å². The molecule has 1 aliphatic heterocycles. The lowest BCUT2D eigenvalue weighted by Gasteiger charge is -2.36. The Morgan fingerprint density at radius 1 is 1.35 bits per heavy atom. The molecule has 0 amide bonds. The summed E-state index contributed by atoms with van der Waals surface area (Å²) in [5.41, 5.74) is 6.09. The summed E-state index contributed by atoms with van der Waals surface area (Å²) in [6.45, 7) is 9.65. The summed E-state index contributed by atoms with van der Waals surface area (Å²) in [6.07, 6.45) is 0. The Bertz CT molecular complexity index is 466. The smallest absolute Gasteiger partial charge is 0.188 e. The Balaban J connectivity index is 2.00. The van der Waals surface area contributed by atoms with E-state index in [0.29, 0.717) is 11.6 Å². The molecule has 0 spiro atoms. The first-order valence-electron chi connectivity index (χ1n) is 7.02. The van der Waals surface area contributed by atoms with E-state index >= 15 is 0 Å². The molecule has 0 aliphatic carbocycles. The van der Waals surface area contributed by atoms with Crippen molar-refractivity contribution in [2.75, 3.05) is 37.6 Å². The van der Waals surface area contributed by atoms with Gasteiger partial charge in [0, 0.05) is 32.7 Å². The van der Waals surface area contributed by atoms with Crippen molar-refractivity contribution in [3.63, 3.8) is 0 Å². The van der Waals surface area contributed by atoms with E-state index in [1.54, 1.807) is 6.07 Å². The lowest BCUT2D eigenvalue weighted by atomic mass is 10.2. The van der Waals surface area contributed by atoms with E-state index in [0.717, 1.165) is 38.5 Å². The van der Waals surface area contributed by atoms with E-state index in [4.69, 9.17) is 10.9 Å². The molecule has 110 valence electrons. The molecule has 6 heteroatoms. The highest BCUT2D eigenvalue weighted by Crippen LogP contribution is 2.15. The zero-order chi connectivity index (χ0) is 14.5. The first kappa shape index (κ1) is 14.6. The Morgan fingerprint density at radius 2 is 2.05 bits per heavy atom. The molecule has 0 bridgehead atoms. The van der Waals surface area contributed by atoms with Crippen LogP contribution < -0.4 is 10.6 Å². The predicted molar refractivity (Wildman–Crippen MR) is 80.2 cm³/mol. The van der Waals surface area contributed by atoms with Crippen molar-refractivity contribution >= 4 is 11.7 Å². The first-order valence-corrected chi connectivity index (χ1v) is 7.02. The minimum Gasteiger partial charge on any atom is -0.409 e. The topological polar surface area (TPSA) is 78.0 Å². The van der Waals surface area contributed by atoms with E-state index in [1.165, 1.54) is 0 Å². The van der Waals surface area contributed by atoms with Gasteiger partial charge in [-0.2, -0.15) is 0 Å². The van der Waals surface area contributed by atoms with E-state index < -0.39 is 0 Å². The molecule has 3 N–H and O–H groups in total. The molecule has 0 radical (unpaired) electrons. The number of nitrogens with zero attached hydrogens (tertiary/aromatic N) is 4. The Hall–Kier alpha value is -1.82. The van der Waals surface area contributed by atoms with Crippen molar-refractivity contribution in [3.05, 3.63) is 23.9 Å². The second-order valence-corrected chi connectivity index (χ2v) is 5.55. The average molecular weight is 277 g/mol. The van der Waals surface area contributed by atoms with Gasteiger partial charge in [0.05, 0.1) is 0 Å². The van der Waals surface area contributed by atoms with Crippen LogP contribution in [0.5, 0.6) is 0 Å². The van der Waals surface area contributed by atoms with Gasteiger partial charge < -0.3 is 15.8 Å². The molecule has 1 saturated heterocycles. The highest BCUT2D eigenvalue weighted by atomic mass is 16.4. The number of pyridine rings is 1. The highest BCUT2D eigenvalue weighted by molar-refractivity contribution is 5.95. The summed E-state index contributed by atoms with van der Waals surface area (Å²) < 4.78 is 0. The van der Waals surface area contributed by atoms with Crippen molar-refractivity contribution < 1.29 is 5.21 Å². The van der Waals surface area contributed by atoms with E-state index in [1.807, 2.05) is 12.1 Å². The van der Waals surface area contributed by atoms with Gasteiger partial charge in [-0.05, 0) is 18.1 Å². The maximum atomic E-state index is 8.71. The molecule has 0 aromatic carbocycles. The summed E-state index contributed by atoms with van der Waals surface area (Å²) >= 11 is 0. The van der Waals surface area contributed by atoms with Crippen LogP contribution in [-0.2, 0) is 0 Å². The maximum Gasteiger partial charge on any atom is 0.188 e. The SMILES string of the molecule is CC(C)CN1CCN(c2cccc(C(N)=NO)n2)CC1. The van der Waals surface area contributed by atoms with Gasteiger partial charge in [-0.1, -0.05) is 25.1 Å². The fourth-order valence-electron chi connectivity index (χ4n) is 2.47. The van der Waals surface area contributed by atoms with Crippen LogP contribution in [0.25, 0.3) is 0 Å². The third-order valence-corrected chi connectivity index (χ3v) is 3.42. The molecular formula is C14H23N5O. The monoisotopic (exact) mass is 277 g/mol. The molecule has 1 aliphatic rings. The van der Waals surface area contributed by atoms with Crippen molar-refractivity contribution in [2.45, 2.75) is 13.8 Å². The lowest BCUT2D eigenvalue weighted by Crippen LogP contribution is -2.47. The first-order chi connectivity index (χ1) is 9.60. The van der Waals surface area contributed by atoms with E-state index in [9.17, 15) is 0 Å². The largest absolute Gasteiger partial charge is 0.409 e. The highest BCUT2D eigenvalue weighted by Gasteiger charge is 2.18. The van der Waals surface area contributed by atoms with Gasteiger partial charge >= 0.3 is 0 Å². The summed E-state index contributed by atoms with van der Waals surface area (Å²) in [5.74, 6) is 1.63. The molecule has 1 aromatic heterocycles. The molecule has 2 rings (SSSR count). The number of aromatic nitrogens is 1. The number of anilines is 1. The van der Waals surface area contributed by atoms with Gasteiger partial charge in [0.2, 0.25) is 0 Å². The standard InChI is InChI=1S/C14H23N5O/c1-11(2)10-18-6-8-19(9-7-18)13-5-3-4-12(16-13)14(15)17-20/h3-5,11,20H,6-10H2,1-2H3,(H2,15,17). The van der Waals surface area contributed by atoms with Crippen LogP contribution in [0, 0.1) is 5.92 Å². The van der Waals surface area contributed by atoms with Crippen molar-refractivity contribution in [1.29, 1.82) is 0 Å². The molecular weight excluding hydrogens is 254 g/mol. The molecule has 1 fully saturated rings. The molecule has 20 heavy (non-hydrogen) atoms. The predicted octanol–water partition coefficient (Wildman–Crippen LogP) is 0.954. The minimum atomic E-state index is 0.0466. The van der Waals surface area contributed by atoms with Crippen LogP contribution in [0.2, 0.25) is 0 Å². The second kappa shape index (κ2) is 6.56. The van der Waals surface area contributed by atoms with Gasteiger partial charge in [0.1, 0.15) is 11.5 Å². The molecule has 2 heterocycles. The number of hydrogen-bond donors (Lipinski definition) is 2. The van der Waals surface area contributed by atoms with Gasteiger partial charge in [-0.3, -0.25) is 4.90 Å². The van der Waals surface area contributed by atoms with Crippen LogP contribution in [0.1, 0.15) is 19.5 Å². The number of rotatable bonds is 4. The van der Waals surface area contributed by atoms with Gasteiger partial charge in [-0.25, -0.2) is 4.98 Å². The van der Waals surface area contributed by atoms with E-state index in [-0.39, 0.29) is 5.84 Å². The number of piperazine rings is 1. The van der Waals surface area contributed by atoms with Crippen LogP contribution in [0.3, 0.4) is 0 Å². The molecule has 0 unspecified atom stereocenters. The molecule has 0 atom stereocenters. The zero-order valence-corrected chi connectivity index (χ0v) is 12.2. The summed E-state index contributed by atoms with van der Waals surface area (Å²) in [4.78, 5) is 9.17. The number of hydrogen-bond acceptors (Lipinski definition) is 5. The Morgan fingerprint density at radius 3 is 2.65 bits per heavy atom. The summed E-state index contributed by atoms with van der Waals surface area (Å²) in [5, 5.41) is 11.7. The quantitative estimate of drug-likeness (QED) is 0.371. The van der Waals surface area contributed by atoms with Crippen LogP contribution in [-0.4, -0.2) is 53.7 Å². The molecule has 6 nitrogen and oxygen atoms in total. The lowest BCUT2D eigenvalue weighted by molar-refractivity contribution is 0.231. The molecule has 0 saturated carbocycles. The Labute approximate surface area is 119 Å². The molecule has 1 aromatic rings. The minimum absolute atomic E-state index is 0.0466. The fraction of sp³-hybridized carbons (Fsp3) is 0.571. The summed E-state index contributed by atoms with van der Waals surface area (Å²) in [6, 6.07) is 5.59.